The largest absolute Gasteiger partial charge is 0.355 e. The molecule has 2 amide bonds. The molecule has 0 bridgehead atoms. The fraction of sp³-hybridized carbons (Fsp3) is 0.286. The SMILES string of the molecule is CCNC(=O)[C@@H](CC)N(Cc1ccccc1)C(=O)CN(c1ccccc1)S(=O)(=O)c1ccc(C)cc1. The minimum absolute atomic E-state index is 0.0927. The lowest BCUT2D eigenvalue weighted by Crippen LogP contribution is -2.52. The first-order valence-corrected chi connectivity index (χ1v) is 13.5. The Labute approximate surface area is 213 Å². The number of aryl methyl sites for hydroxylation is 1. The molecule has 36 heavy (non-hydrogen) atoms. The molecule has 0 radical (unpaired) electrons. The first-order valence-electron chi connectivity index (χ1n) is 12.0. The molecule has 0 aromatic heterocycles. The highest BCUT2D eigenvalue weighted by Gasteiger charge is 2.33. The van der Waals surface area contributed by atoms with E-state index in [9.17, 15) is 18.0 Å². The van der Waals surface area contributed by atoms with Crippen molar-refractivity contribution in [1.82, 2.24) is 10.2 Å². The standard InChI is InChI=1S/C28H33N3O4S/c1-4-26(28(33)29-5-2)30(20-23-12-8-6-9-13-23)27(32)21-31(24-14-10-7-11-15-24)36(34,35)25-18-16-22(3)17-19-25/h6-19,26H,4-5,20-21H2,1-3H3,(H,29,33)/t26-/m1/s1. The number of rotatable bonds is 11. The second-order valence-electron chi connectivity index (χ2n) is 8.49. The average molecular weight is 508 g/mol. The number of sulfonamides is 1. The van der Waals surface area contributed by atoms with E-state index in [4.69, 9.17) is 0 Å². The van der Waals surface area contributed by atoms with Crippen LogP contribution >= 0.6 is 0 Å². The molecule has 3 aromatic rings. The van der Waals surface area contributed by atoms with Crippen LogP contribution in [0, 0.1) is 6.92 Å². The number of benzene rings is 3. The lowest BCUT2D eigenvalue weighted by molar-refractivity contribution is -0.140. The zero-order valence-corrected chi connectivity index (χ0v) is 21.7. The van der Waals surface area contributed by atoms with Gasteiger partial charge in [0.25, 0.3) is 10.0 Å². The van der Waals surface area contributed by atoms with Crippen LogP contribution in [-0.2, 0) is 26.2 Å². The molecule has 7 nitrogen and oxygen atoms in total. The average Bonchev–Trinajstić information content (AvgIpc) is 2.88. The topological polar surface area (TPSA) is 86.8 Å². The summed E-state index contributed by atoms with van der Waals surface area (Å²) in [6.07, 6.45) is 0.389. The minimum Gasteiger partial charge on any atom is -0.355 e. The van der Waals surface area contributed by atoms with Crippen molar-refractivity contribution < 1.29 is 18.0 Å². The number of nitrogens with one attached hydrogen (secondary N) is 1. The van der Waals surface area contributed by atoms with Crippen molar-refractivity contribution in [1.29, 1.82) is 0 Å². The van der Waals surface area contributed by atoms with Crippen LogP contribution < -0.4 is 9.62 Å². The molecule has 0 aliphatic rings. The Balaban J connectivity index is 2.02. The van der Waals surface area contributed by atoms with Crippen molar-refractivity contribution in [3.63, 3.8) is 0 Å². The summed E-state index contributed by atoms with van der Waals surface area (Å²) in [4.78, 5) is 28.3. The highest BCUT2D eigenvalue weighted by Crippen LogP contribution is 2.25. The van der Waals surface area contributed by atoms with Gasteiger partial charge < -0.3 is 10.2 Å². The molecular weight excluding hydrogens is 474 g/mol. The second kappa shape index (κ2) is 12.4. The Bertz CT molecular complexity index is 1250. The maximum atomic E-state index is 13.8. The van der Waals surface area contributed by atoms with E-state index in [0.717, 1.165) is 15.4 Å². The molecule has 1 atom stereocenters. The van der Waals surface area contributed by atoms with Gasteiger partial charge in [-0.1, -0.05) is 73.2 Å². The van der Waals surface area contributed by atoms with Crippen LogP contribution in [0.2, 0.25) is 0 Å². The van der Waals surface area contributed by atoms with Crippen molar-refractivity contribution in [3.8, 4) is 0 Å². The van der Waals surface area contributed by atoms with E-state index in [1.807, 2.05) is 51.1 Å². The summed E-state index contributed by atoms with van der Waals surface area (Å²) in [6.45, 7) is 5.71. The summed E-state index contributed by atoms with van der Waals surface area (Å²) in [5.41, 5.74) is 2.15. The van der Waals surface area contributed by atoms with E-state index >= 15 is 0 Å². The molecule has 0 spiro atoms. The molecule has 0 aliphatic heterocycles. The van der Waals surface area contributed by atoms with Crippen LogP contribution in [0.4, 0.5) is 5.69 Å². The summed E-state index contributed by atoms with van der Waals surface area (Å²) >= 11 is 0. The van der Waals surface area contributed by atoms with Crippen LogP contribution in [0.1, 0.15) is 31.4 Å². The molecule has 190 valence electrons. The van der Waals surface area contributed by atoms with Gasteiger partial charge in [0, 0.05) is 13.1 Å². The Morgan fingerprint density at radius 2 is 1.44 bits per heavy atom. The minimum atomic E-state index is -4.05. The van der Waals surface area contributed by atoms with Crippen molar-refractivity contribution >= 4 is 27.5 Å². The number of carbonyl (C=O) groups excluding carboxylic acids is 2. The highest BCUT2D eigenvalue weighted by atomic mass is 32.2. The van der Waals surface area contributed by atoms with E-state index in [-0.39, 0.29) is 17.3 Å². The normalized spacial score (nSPS) is 12.0. The molecule has 0 fully saturated rings. The Kier molecular flexibility index (Phi) is 9.25. The van der Waals surface area contributed by atoms with Gasteiger partial charge in [0.1, 0.15) is 12.6 Å². The predicted molar refractivity (Wildman–Crippen MR) is 142 cm³/mol. The van der Waals surface area contributed by atoms with Gasteiger partial charge in [0.15, 0.2) is 0 Å². The van der Waals surface area contributed by atoms with Gasteiger partial charge in [-0.25, -0.2) is 8.42 Å². The molecule has 0 heterocycles. The number of likely N-dealkylation sites (N-methyl/N-ethyl adjacent to an activating group) is 1. The zero-order chi connectivity index (χ0) is 26.1. The maximum absolute atomic E-state index is 13.8. The number of hydrogen-bond acceptors (Lipinski definition) is 4. The van der Waals surface area contributed by atoms with Gasteiger partial charge in [-0.2, -0.15) is 0 Å². The summed E-state index contributed by atoms with van der Waals surface area (Å²) in [6, 6.07) is 23.7. The second-order valence-corrected chi connectivity index (χ2v) is 10.3. The van der Waals surface area contributed by atoms with Crippen molar-refractivity contribution in [3.05, 3.63) is 96.1 Å². The molecule has 8 heteroatoms. The van der Waals surface area contributed by atoms with Crippen LogP contribution in [0.25, 0.3) is 0 Å². The summed E-state index contributed by atoms with van der Waals surface area (Å²) < 4.78 is 28.5. The predicted octanol–water partition coefficient (Wildman–Crippen LogP) is 4.13. The van der Waals surface area contributed by atoms with Gasteiger partial charge in [0.05, 0.1) is 10.6 Å². The Morgan fingerprint density at radius 1 is 0.861 bits per heavy atom. The monoisotopic (exact) mass is 507 g/mol. The number of carbonyl (C=O) groups is 2. The van der Waals surface area contributed by atoms with Crippen LogP contribution in [0.5, 0.6) is 0 Å². The van der Waals surface area contributed by atoms with Gasteiger partial charge in [0.2, 0.25) is 11.8 Å². The maximum Gasteiger partial charge on any atom is 0.264 e. The molecular formula is C28H33N3O4S. The molecule has 3 rings (SSSR count). The molecule has 0 unspecified atom stereocenters. The van der Waals surface area contributed by atoms with Crippen LogP contribution in [0.15, 0.2) is 89.8 Å². The number of amides is 2. The summed E-state index contributed by atoms with van der Waals surface area (Å²) in [5, 5.41) is 2.80. The molecule has 3 aromatic carbocycles. The quantitative estimate of drug-likeness (QED) is 0.423. The zero-order valence-electron chi connectivity index (χ0n) is 20.9. The third kappa shape index (κ3) is 6.51. The molecule has 0 aliphatic carbocycles. The fourth-order valence-corrected chi connectivity index (χ4v) is 5.37. The van der Waals surface area contributed by atoms with Crippen molar-refractivity contribution in [2.75, 3.05) is 17.4 Å². The van der Waals surface area contributed by atoms with Crippen molar-refractivity contribution in [2.45, 2.75) is 44.7 Å². The highest BCUT2D eigenvalue weighted by molar-refractivity contribution is 7.92. The van der Waals surface area contributed by atoms with Gasteiger partial charge in [-0.15, -0.1) is 0 Å². The van der Waals surface area contributed by atoms with E-state index < -0.39 is 28.5 Å². The number of hydrogen-bond donors (Lipinski definition) is 1. The number of anilines is 1. The third-order valence-electron chi connectivity index (χ3n) is 5.86. The van der Waals surface area contributed by atoms with Crippen LogP contribution in [-0.4, -0.2) is 44.3 Å². The smallest absolute Gasteiger partial charge is 0.264 e. The van der Waals surface area contributed by atoms with E-state index in [0.29, 0.717) is 18.7 Å². The van der Waals surface area contributed by atoms with E-state index in [1.165, 1.54) is 17.0 Å². The van der Waals surface area contributed by atoms with Gasteiger partial charge in [-0.05, 0) is 50.1 Å². The van der Waals surface area contributed by atoms with Gasteiger partial charge in [-0.3, -0.25) is 13.9 Å². The number of para-hydroxylation sites is 1. The van der Waals surface area contributed by atoms with Crippen LogP contribution in [0.3, 0.4) is 0 Å². The lowest BCUT2D eigenvalue weighted by Gasteiger charge is -2.33. The summed E-state index contributed by atoms with van der Waals surface area (Å²) in [5.74, 6) is -0.728. The lowest BCUT2D eigenvalue weighted by atomic mass is 10.1. The fourth-order valence-electron chi connectivity index (χ4n) is 3.95. The van der Waals surface area contributed by atoms with E-state index in [2.05, 4.69) is 5.32 Å². The first kappa shape index (κ1) is 26.9. The number of nitrogens with zero attached hydrogens (tertiary/aromatic N) is 2. The Morgan fingerprint density at radius 3 is 2.00 bits per heavy atom. The summed E-state index contributed by atoms with van der Waals surface area (Å²) in [7, 11) is -4.05. The van der Waals surface area contributed by atoms with Crippen molar-refractivity contribution in [2.24, 2.45) is 0 Å². The third-order valence-corrected chi connectivity index (χ3v) is 7.65. The van der Waals surface area contributed by atoms with E-state index in [1.54, 1.807) is 42.5 Å². The first-order chi connectivity index (χ1) is 17.3. The molecule has 1 N–H and O–H groups in total. The molecule has 0 saturated carbocycles. The molecule has 0 saturated heterocycles. The Hall–Kier alpha value is -3.65. The van der Waals surface area contributed by atoms with Gasteiger partial charge >= 0.3 is 0 Å².